The van der Waals surface area contributed by atoms with Gasteiger partial charge < -0.3 is 13.9 Å². The highest BCUT2D eigenvalue weighted by Gasteiger charge is 2.35. The summed E-state index contributed by atoms with van der Waals surface area (Å²) in [6, 6.07) is 5.20. The summed E-state index contributed by atoms with van der Waals surface area (Å²) in [6.07, 6.45) is -4.15. The van der Waals surface area contributed by atoms with Gasteiger partial charge in [0, 0.05) is 6.42 Å². The topological polar surface area (TPSA) is 27.7 Å². The molecule has 0 aliphatic heterocycles. The third-order valence-corrected chi connectivity index (χ3v) is 3.27. The van der Waals surface area contributed by atoms with Crippen LogP contribution in [-0.4, -0.2) is 28.7 Å². The molecule has 0 aliphatic rings. The minimum atomic E-state index is -4.36. The quantitative estimate of drug-likeness (QED) is 0.520. The molecular formula is C16H22F3O3Si. The molecule has 0 atom stereocenters. The fourth-order valence-corrected chi connectivity index (χ4v) is 2.36. The van der Waals surface area contributed by atoms with Crippen molar-refractivity contribution in [3.63, 3.8) is 0 Å². The van der Waals surface area contributed by atoms with E-state index >= 15 is 0 Å². The molecule has 0 aliphatic carbocycles. The number of hydrogen-bond donors (Lipinski definition) is 0. The minimum absolute atomic E-state index is 0.174. The first kappa shape index (κ1) is 20.2. The first-order valence-electron chi connectivity index (χ1n) is 7.44. The summed E-state index contributed by atoms with van der Waals surface area (Å²) in [6.45, 7) is 7.31. The molecule has 0 heterocycles. The molecule has 0 aromatic heterocycles. The molecule has 129 valence electrons. The van der Waals surface area contributed by atoms with E-state index in [1.165, 1.54) is 6.07 Å². The van der Waals surface area contributed by atoms with Crippen molar-refractivity contribution in [1.82, 2.24) is 0 Å². The van der Waals surface area contributed by atoms with E-state index in [4.69, 9.17) is 13.9 Å². The van der Waals surface area contributed by atoms with Crippen molar-refractivity contribution in [3.05, 3.63) is 35.4 Å². The lowest BCUT2D eigenvalue weighted by molar-refractivity contribution is -0.368. The Bertz CT molecular complexity index is 480. The molecule has 1 aromatic rings. The van der Waals surface area contributed by atoms with Crippen LogP contribution in [0.2, 0.25) is 0 Å². The average molecular weight is 347 g/mol. The fourth-order valence-electron chi connectivity index (χ4n) is 2.16. The fraction of sp³-hybridized carbons (Fsp3) is 0.625. The first-order chi connectivity index (χ1) is 10.6. The summed E-state index contributed by atoms with van der Waals surface area (Å²) < 4.78 is 54.9. The standard InChI is InChI=1S/C16H22F3O3Si/c1-11(2)20-15(22-23,21-12(3)4)9-8-13-6-5-7-14(10-13)16(17,18)19/h5-7,10-12H,8-9H2,1-4H3. The molecule has 0 saturated heterocycles. The Morgan fingerprint density at radius 3 is 2.04 bits per heavy atom. The lowest BCUT2D eigenvalue weighted by atomic mass is 10.1. The third kappa shape index (κ3) is 6.62. The highest BCUT2D eigenvalue weighted by Crippen LogP contribution is 2.31. The number of ether oxygens (including phenoxy) is 2. The lowest BCUT2D eigenvalue weighted by Gasteiger charge is -2.35. The molecule has 0 unspecified atom stereocenters. The summed E-state index contributed by atoms with van der Waals surface area (Å²) >= 11 is 0. The minimum Gasteiger partial charge on any atom is -0.371 e. The van der Waals surface area contributed by atoms with Gasteiger partial charge in [-0.1, -0.05) is 18.2 Å². The molecule has 1 aromatic carbocycles. The maximum absolute atomic E-state index is 12.8. The van der Waals surface area contributed by atoms with E-state index in [-0.39, 0.29) is 18.6 Å². The maximum atomic E-state index is 12.8. The Morgan fingerprint density at radius 2 is 1.61 bits per heavy atom. The molecule has 0 N–H and O–H groups in total. The number of alkyl halides is 3. The van der Waals surface area contributed by atoms with Crippen LogP contribution in [0.1, 0.15) is 45.2 Å². The zero-order valence-electron chi connectivity index (χ0n) is 13.7. The van der Waals surface area contributed by atoms with Gasteiger partial charge in [-0.2, -0.15) is 13.2 Å². The molecule has 3 nitrogen and oxygen atoms in total. The smallest absolute Gasteiger partial charge is 0.371 e. The Balaban J connectivity index is 2.89. The van der Waals surface area contributed by atoms with Crippen LogP contribution < -0.4 is 0 Å². The Morgan fingerprint density at radius 1 is 1.04 bits per heavy atom. The number of halogens is 3. The highest BCUT2D eigenvalue weighted by molar-refractivity contribution is 5.98. The van der Waals surface area contributed by atoms with Gasteiger partial charge in [0.15, 0.2) is 0 Å². The summed E-state index contributed by atoms with van der Waals surface area (Å²) in [5, 5.41) is 0. The molecule has 23 heavy (non-hydrogen) atoms. The summed E-state index contributed by atoms with van der Waals surface area (Å²) in [7, 11) is 2.97. The number of hydrogen-bond acceptors (Lipinski definition) is 3. The Kier molecular flexibility index (Phi) is 7.25. The number of benzene rings is 1. The van der Waals surface area contributed by atoms with Crippen LogP contribution in [0, 0.1) is 0 Å². The van der Waals surface area contributed by atoms with E-state index in [1.54, 1.807) is 6.07 Å². The van der Waals surface area contributed by atoms with Crippen molar-refractivity contribution >= 4 is 10.5 Å². The van der Waals surface area contributed by atoms with Crippen LogP contribution in [0.3, 0.4) is 0 Å². The van der Waals surface area contributed by atoms with Crippen molar-refractivity contribution in [2.75, 3.05) is 0 Å². The second kappa shape index (κ2) is 8.28. The van der Waals surface area contributed by atoms with Crippen LogP contribution in [0.4, 0.5) is 13.2 Å². The van der Waals surface area contributed by atoms with Gasteiger partial charge in [0.1, 0.15) is 0 Å². The van der Waals surface area contributed by atoms with Gasteiger partial charge in [-0.15, -0.1) is 0 Å². The molecule has 1 rings (SSSR count). The molecule has 7 heteroatoms. The lowest BCUT2D eigenvalue weighted by Crippen LogP contribution is -2.43. The predicted octanol–water partition coefficient (Wildman–Crippen LogP) is 4.24. The Labute approximate surface area is 138 Å². The SMILES string of the molecule is CC(C)OC(CCc1cccc(C(F)(F)F)c1)(O[Si])OC(C)C. The Hall–Kier alpha value is -0.893. The van der Waals surface area contributed by atoms with E-state index in [0.717, 1.165) is 12.1 Å². The molecule has 0 saturated carbocycles. The van der Waals surface area contributed by atoms with Crippen LogP contribution >= 0.6 is 0 Å². The zero-order chi connectivity index (χ0) is 17.7. The molecule has 0 fully saturated rings. The third-order valence-electron chi connectivity index (χ3n) is 2.96. The second-order valence-corrected chi connectivity index (χ2v) is 6.02. The normalized spacial score (nSPS) is 13.1. The van der Waals surface area contributed by atoms with E-state index in [2.05, 4.69) is 10.5 Å². The number of aryl methyl sites for hydroxylation is 1. The maximum Gasteiger partial charge on any atom is 0.416 e. The van der Waals surface area contributed by atoms with Crippen molar-refractivity contribution < 1.29 is 27.1 Å². The van der Waals surface area contributed by atoms with E-state index in [0.29, 0.717) is 12.0 Å². The molecule has 0 bridgehead atoms. The van der Waals surface area contributed by atoms with E-state index in [1.807, 2.05) is 27.7 Å². The molecule has 3 radical (unpaired) electrons. The van der Waals surface area contributed by atoms with Crippen LogP contribution in [0.15, 0.2) is 24.3 Å². The van der Waals surface area contributed by atoms with Crippen LogP contribution in [0.25, 0.3) is 0 Å². The van der Waals surface area contributed by atoms with Gasteiger partial charge >= 0.3 is 6.18 Å². The zero-order valence-corrected chi connectivity index (χ0v) is 14.7. The molecular weight excluding hydrogens is 325 g/mol. The van der Waals surface area contributed by atoms with Crippen LogP contribution in [-0.2, 0) is 26.5 Å². The largest absolute Gasteiger partial charge is 0.416 e. The highest BCUT2D eigenvalue weighted by atomic mass is 28.2. The van der Waals surface area contributed by atoms with Gasteiger partial charge in [-0.25, -0.2) is 0 Å². The summed E-state index contributed by atoms with van der Waals surface area (Å²) in [5.74, 6) is -1.35. The van der Waals surface area contributed by atoms with Crippen LogP contribution in [0.5, 0.6) is 0 Å². The first-order valence-corrected chi connectivity index (χ1v) is 7.85. The van der Waals surface area contributed by atoms with Gasteiger partial charge in [-0.05, 0) is 45.7 Å². The molecule has 0 amide bonds. The van der Waals surface area contributed by atoms with Crippen molar-refractivity contribution in [3.8, 4) is 0 Å². The van der Waals surface area contributed by atoms with Crippen molar-refractivity contribution in [2.45, 2.75) is 64.9 Å². The van der Waals surface area contributed by atoms with E-state index in [9.17, 15) is 13.2 Å². The van der Waals surface area contributed by atoms with Gasteiger partial charge in [-0.3, -0.25) is 0 Å². The van der Waals surface area contributed by atoms with Gasteiger partial charge in [0.2, 0.25) is 0 Å². The predicted molar refractivity (Wildman–Crippen MR) is 81.8 cm³/mol. The number of rotatable bonds is 8. The van der Waals surface area contributed by atoms with Crippen molar-refractivity contribution in [2.24, 2.45) is 0 Å². The summed E-state index contributed by atoms with van der Waals surface area (Å²) in [4.78, 5) is 0. The monoisotopic (exact) mass is 347 g/mol. The second-order valence-electron chi connectivity index (χ2n) is 5.82. The average Bonchev–Trinajstić information content (AvgIpc) is 2.43. The van der Waals surface area contributed by atoms with Gasteiger partial charge in [0.05, 0.1) is 17.8 Å². The molecule has 0 spiro atoms. The van der Waals surface area contributed by atoms with E-state index < -0.39 is 17.7 Å². The van der Waals surface area contributed by atoms with Crippen molar-refractivity contribution in [1.29, 1.82) is 0 Å². The summed E-state index contributed by atoms with van der Waals surface area (Å²) in [5.41, 5.74) is -0.137. The van der Waals surface area contributed by atoms with Gasteiger partial charge in [0.25, 0.3) is 16.5 Å².